The van der Waals surface area contributed by atoms with Crippen LogP contribution in [0.5, 0.6) is 0 Å². The van der Waals surface area contributed by atoms with Crippen molar-refractivity contribution in [3.05, 3.63) is 34.1 Å². The second-order valence-corrected chi connectivity index (χ2v) is 4.72. The standard InChI is InChI=1S/C12H13BrFNO3/c1-3-10(12(17)18)15(2)11(16)8-5-4-7(13)6-9(8)14/h4-6,10H,3H2,1-2H3,(H,17,18). The van der Waals surface area contributed by atoms with Crippen molar-refractivity contribution >= 4 is 27.8 Å². The molecular formula is C12H13BrFNO3. The maximum absolute atomic E-state index is 13.6. The first-order valence-corrected chi connectivity index (χ1v) is 6.12. The molecule has 0 saturated heterocycles. The van der Waals surface area contributed by atoms with Crippen molar-refractivity contribution in [3.8, 4) is 0 Å². The van der Waals surface area contributed by atoms with Crippen molar-refractivity contribution in [2.24, 2.45) is 0 Å². The van der Waals surface area contributed by atoms with Crippen molar-refractivity contribution in [3.63, 3.8) is 0 Å². The molecule has 1 amide bonds. The Labute approximate surface area is 113 Å². The van der Waals surface area contributed by atoms with Gasteiger partial charge in [0.1, 0.15) is 11.9 Å². The number of hydrogen-bond donors (Lipinski definition) is 1. The van der Waals surface area contributed by atoms with Gasteiger partial charge in [0.2, 0.25) is 0 Å². The van der Waals surface area contributed by atoms with Crippen LogP contribution in [0.3, 0.4) is 0 Å². The lowest BCUT2D eigenvalue weighted by molar-refractivity contribution is -0.142. The number of rotatable bonds is 4. The van der Waals surface area contributed by atoms with E-state index in [-0.39, 0.29) is 12.0 Å². The summed E-state index contributed by atoms with van der Waals surface area (Å²) in [5.41, 5.74) is -0.139. The van der Waals surface area contributed by atoms with Gasteiger partial charge < -0.3 is 10.0 Å². The van der Waals surface area contributed by atoms with Crippen molar-refractivity contribution in [1.29, 1.82) is 0 Å². The van der Waals surface area contributed by atoms with Crippen LogP contribution in [0.25, 0.3) is 0 Å². The van der Waals surface area contributed by atoms with Gasteiger partial charge in [-0.3, -0.25) is 4.79 Å². The Hall–Kier alpha value is -1.43. The van der Waals surface area contributed by atoms with Crippen molar-refractivity contribution < 1.29 is 19.1 Å². The summed E-state index contributed by atoms with van der Waals surface area (Å²) >= 11 is 3.09. The summed E-state index contributed by atoms with van der Waals surface area (Å²) in [6.07, 6.45) is 0.260. The molecule has 0 aliphatic rings. The molecule has 0 aromatic heterocycles. The van der Waals surface area contributed by atoms with Crippen molar-refractivity contribution in [1.82, 2.24) is 4.90 Å². The van der Waals surface area contributed by atoms with Gasteiger partial charge >= 0.3 is 5.97 Å². The Bertz CT molecular complexity index is 478. The predicted molar refractivity (Wildman–Crippen MR) is 67.9 cm³/mol. The summed E-state index contributed by atoms with van der Waals surface area (Å²) in [5, 5.41) is 8.96. The molecule has 1 N–H and O–H groups in total. The van der Waals surface area contributed by atoms with Crippen LogP contribution in [-0.4, -0.2) is 35.0 Å². The summed E-state index contributed by atoms with van der Waals surface area (Å²) in [6, 6.07) is 3.07. The molecule has 1 aromatic rings. The molecule has 0 saturated carbocycles. The van der Waals surface area contributed by atoms with Gasteiger partial charge in [-0.25, -0.2) is 9.18 Å². The van der Waals surface area contributed by atoms with E-state index in [1.165, 1.54) is 25.2 Å². The molecule has 0 fully saturated rings. The fourth-order valence-electron chi connectivity index (χ4n) is 1.61. The monoisotopic (exact) mass is 317 g/mol. The van der Waals surface area contributed by atoms with Crippen molar-refractivity contribution in [2.45, 2.75) is 19.4 Å². The van der Waals surface area contributed by atoms with Crippen molar-refractivity contribution in [2.75, 3.05) is 7.05 Å². The van der Waals surface area contributed by atoms with Gasteiger partial charge in [-0.1, -0.05) is 22.9 Å². The summed E-state index contributed by atoms with van der Waals surface area (Å²) < 4.78 is 14.1. The number of carboxylic acid groups (broad SMARTS) is 1. The van der Waals surface area contributed by atoms with E-state index in [0.29, 0.717) is 4.47 Å². The quantitative estimate of drug-likeness (QED) is 0.928. The Balaban J connectivity index is 3.02. The molecule has 1 aromatic carbocycles. The molecule has 1 unspecified atom stereocenters. The predicted octanol–water partition coefficient (Wildman–Crippen LogP) is 2.52. The lowest BCUT2D eigenvalue weighted by atomic mass is 10.1. The smallest absolute Gasteiger partial charge is 0.326 e. The van der Waals surface area contributed by atoms with Gasteiger partial charge in [0.15, 0.2) is 0 Å². The minimum atomic E-state index is -1.11. The normalized spacial score (nSPS) is 12.0. The van der Waals surface area contributed by atoms with Gasteiger partial charge in [-0.2, -0.15) is 0 Å². The summed E-state index contributed by atoms with van der Waals surface area (Å²) in [7, 11) is 1.35. The van der Waals surface area contributed by atoms with Crippen LogP contribution in [-0.2, 0) is 4.79 Å². The molecule has 4 nitrogen and oxygen atoms in total. The number of aliphatic carboxylic acids is 1. The third-order valence-electron chi connectivity index (χ3n) is 2.62. The number of nitrogens with zero attached hydrogens (tertiary/aromatic N) is 1. The van der Waals surface area contributed by atoms with Crippen LogP contribution >= 0.6 is 15.9 Å². The third kappa shape index (κ3) is 3.07. The highest BCUT2D eigenvalue weighted by atomic mass is 79.9. The zero-order chi connectivity index (χ0) is 13.9. The molecule has 0 aliphatic carbocycles. The van der Waals surface area contributed by atoms with Crippen LogP contribution in [0.2, 0.25) is 0 Å². The van der Waals surface area contributed by atoms with E-state index in [1.54, 1.807) is 6.92 Å². The average Bonchev–Trinajstić information content (AvgIpc) is 2.28. The maximum Gasteiger partial charge on any atom is 0.326 e. The summed E-state index contributed by atoms with van der Waals surface area (Å²) in [5.74, 6) is -2.43. The SMILES string of the molecule is CCC(C(=O)O)N(C)C(=O)c1ccc(Br)cc1F. The molecule has 0 aliphatic heterocycles. The number of benzene rings is 1. The first-order valence-electron chi connectivity index (χ1n) is 5.33. The average molecular weight is 318 g/mol. The molecule has 0 radical (unpaired) electrons. The maximum atomic E-state index is 13.6. The van der Waals surface area contributed by atoms with Gasteiger partial charge in [-0.05, 0) is 24.6 Å². The largest absolute Gasteiger partial charge is 0.480 e. The minimum absolute atomic E-state index is 0.139. The second kappa shape index (κ2) is 5.95. The van der Waals surface area contributed by atoms with E-state index in [9.17, 15) is 14.0 Å². The number of carbonyl (C=O) groups excluding carboxylic acids is 1. The highest BCUT2D eigenvalue weighted by Gasteiger charge is 2.26. The molecule has 1 atom stereocenters. The molecule has 0 heterocycles. The fourth-order valence-corrected chi connectivity index (χ4v) is 1.94. The number of halogens is 2. The number of amides is 1. The molecule has 6 heteroatoms. The molecule has 1 rings (SSSR count). The first-order chi connectivity index (χ1) is 8.38. The Morgan fingerprint density at radius 3 is 2.56 bits per heavy atom. The van der Waals surface area contributed by atoms with E-state index in [1.807, 2.05) is 0 Å². The van der Waals surface area contributed by atoms with Crippen LogP contribution in [0.1, 0.15) is 23.7 Å². The Kier molecular flexibility index (Phi) is 4.84. The Morgan fingerprint density at radius 2 is 2.11 bits per heavy atom. The van der Waals surface area contributed by atoms with E-state index in [4.69, 9.17) is 5.11 Å². The molecule has 18 heavy (non-hydrogen) atoms. The Morgan fingerprint density at radius 1 is 1.50 bits per heavy atom. The lowest BCUT2D eigenvalue weighted by Gasteiger charge is -2.23. The third-order valence-corrected chi connectivity index (χ3v) is 3.11. The highest BCUT2D eigenvalue weighted by Crippen LogP contribution is 2.17. The number of hydrogen-bond acceptors (Lipinski definition) is 2. The number of carboxylic acids is 1. The zero-order valence-corrected chi connectivity index (χ0v) is 11.6. The fraction of sp³-hybridized carbons (Fsp3) is 0.333. The van der Waals surface area contributed by atoms with Gasteiger partial charge in [-0.15, -0.1) is 0 Å². The van der Waals surface area contributed by atoms with Crippen LogP contribution < -0.4 is 0 Å². The van der Waals surface area contributed by atoms with Crippen LogP contribution in [0.4, 0.5) is 4.39 Å². The van der Waals surface area contributed by atoms with Crippen LogP contribution in [0, 0.1) is 5.82 Å². The minimum Gasteiger partial charge on any atom is -0.480 e. The van der Waals surface area contributed by atoms with Gasteiger partial charge in [0, 0.05) is 11.5 Å². The van der Waals surface area contributed by atoms with E-state index < -0.39 is 23.7 Å². The molecule has 0 bridgehead atoms. The zero-order valence-electron chi connectivity index (χ0n) is 9.98. The molecule has 0 spiro atoms. The van der Waals surface area contributed by atoms with Crippen LogP contribution in [0.15, 0.2) is 22.7 Å². The second-order valence-electron chi connectivity index (χ2n) is 3.80. The molecule has 98 valence electrons. The summed E-state index contributed by atoms with van der Waals surface area (Å²) in [4.78, 5) is 24.0. The van der Waals surface area contributed by atoms with E-state index >= 15 is 0 Å². The highest BCUT2D eigenvalue weighted by molar-refractivity contribution is 9.10. The van der Waals surface area contributed by atoms with E-state index in [2.05, 4.69) is 15.9 Å². The van der Waals surface area contributed by atoms with E-state index in [0.717, 1.165) is 4.90 Å². The number of carbonyl (C=O) groups is 2. The van der Waals surface area contributed by atoms with Gasteiger partial charge in [0.05, 0.1) is 5.56 Å². The topological polar surface area (TPSA) is 57.6 Å². The lowest BCUT2D eigenvalue weighted by Crippen LogP contribution is -2.42. The molecular weight excluding hydrogens is 305 g/mol. The summed E-state index contributed by atoms with van der Waals surface area (Å²) in [6.45, 7) is 1.65. The van der Waals surface area contributed by atoms with Gasteiger partial charge in [0.25, 0.3) is 5.91 Å². The number of likely N-dealkylation sites (N-methyl/N-ethyl adjacent to an activating group) is 1. The first kappa shape index (κ1) is 14.6.